The zero-order valence-electron chi connectivity index (χ0n) is 9.30. The van der Waals surface area contributed by atoms with Crippen molar-refractivity contribution in [2.45, 2.75) is 6.54 Å². The van der Waals surface area contributed by atoms with Gasteiger partial charge in [-0.15, -0.1) is 5.10 Å². The van der Waals surface area contributed by atoms with Gasteiger partial charge in [0.15, 0.2) is 5.82 Å². The van der Waals surface area contributed by atoms with Crippen LogP contribution in [0.5, 0.6) is 5.75 Å². The van der Waals surface area contributed by atoms with Crippen molar-refractivity contribution < 1.29 is 4.74 Å². The fourth-order valence-electron chi connectivity index (χ4n) is 1.52. The molecule has 0 spiro atoms. The summed E-state index contributed by atoms with van der Waals surface area (Å²) >= 11 is 5.90. The first kappa shape index (κ1) is 11.8. The minimum atomic E-state index is 0.466. The number of benzene rings is 1. The van der Waals surface area contributed by atoms with Crippen LogP contribution in [-0.2, 0) is 6.54 Å². The second-order valence-electron chi connectivity index (χ2n) is 3.36. The lowest BCUT2D eigenvalue weighted by Crippen LogP contribution is -2.12. The first-order valence-corrected chi connectivity index (χ1v) is 5.44. The molecule has 0 saturated carbocycles. The highest BCUT2D eigenvalue weighted by molar-refractivity contribution is 6.30. The van der Waals surface area contributed by atoms with E-state index in [1.807, 2.05) is 6.07 Å². The summed E-state index contributed by atoms with van der Waals surface area (Å²) in [6.07, 6.45) is 0. The number of nitrogens with two attached hydrogens (primary N) is 1. The highest BCUT2D eigenvalue weighted by Crippen LogP contribution is 2.30. The summed E-state index contributed by atoms with van der Waals surface area (Å²) in [4.78, 5) is 0. The standard InChI is InChI=1S/C10H12ClN5O/c1-17-9-6-7(11)2-3-8(9)10-13-14-15-16(10)5-4-12/h2-3,6H,4-5,12H2,1H3. The third kappa shape index (κ3) is 2.37. The smallest absolute Gasteiger partial charge is 0.185 e. The van der Waals surface area contributed by atoms with Gasteiger partial charge in [0, 0.05) is 11.6 Å². The molecule has 90 valence electrons. The molecule has 0 saturated heterocycles. The third-order valence-corrected chi connectivity index (χ3v) is 2.51. The molecule has 0 unspecified atom stereocenters. The Bertz CT molecular complexity index is 513. The monoisotopic (exact) mass is 253 g/mol. The van der Waals surface area contributed by atoms with Crippen molar-refractivity contribution in [2.75, 3.05) is 13.7 Å². The number of rotatable bonds is 4. The number of aromatic nitrogens is 4. The molecule has 0 amide bonds. The van der Waals surface area contributed by atoms with E-state index < -0.39 is 0 Å². The van der Waals surface area contributed by atoms with Gasteiger partial charge in [0.2, 0.25) is 0 Å². The first-order chi connectivity index (χ1) is 8.26. The van der Waals surface area contributed by atoms with Gasteiger partial charge in [-0.1, -0.05) is 11.6 Å². The summed E-state index contributed by atoms with van der Waals surface area (Å²) in [6, 6.07) is 5.30. The van der Waals surface area contributed by atoms with E-state index in [1.54, 1.807) is 23.9 Å². The average Bonchev–Trinajstić information content (AvgIpc) is 2.77. The molecule has 1 aromatic heterocycles. The van der Waals surface area contributed by atoms with Gasteiger partial charge in [0.05, 0.1) is 19.2 Å². The maximum absolute atomic E-state index is 5.90. The van der Waals surface area contributed by atoms with E-state index in [-0.39, 0.29) is 0 Å². The number of methoxy groups -OCH3 is 1. The summed E-state index contributed by atoms with van der Waals surface area (Å²) in [7, 11) is 1.58. The molecule has 7 heteroatoms. The normalized spacial score (nSPS) is 10.5. The summed E-state index contributed by atoms with van der Waals surface area (Å²) < 4.78 is 6.89. The molecule has 0 radical (unpaired) electrons. The lowest BCUT2D eigenvalue weighted by atomic mass is 10.2. The van der Waals surface area contributed by atoms with Crippen molar-refractivity contribution in [1.29, 1.82) is 0 Å². The Labute approximate surface area is 103 Å². The summed E-state index contributed by atoms with van der Waals surface area (Å²) in [5.74, 6) is 1.24. The Morgan fingerprint density at radius 1 is 1.47 bits per heavy atom. The van der Waals surface area contributed by atoms with Crippen molar-refractivity contribution in [3.63, 3.8) is 0 Å². The van der Waals surface area contributed by atoms with Gasteiger partial charge in [-0.2, -0.15) is 0 Å². The molecule has 1 heterocycles. The number of halogens is 1. The maximum atomic E-state index is 5.90. The molecule has 0 aliphatic rings. The molecule has 0 aliphatic carbocycles. The van der Waals surface area contributed by atoms with Crippen molar-refractivity contribution in [2.24, 2.45) is 5.73 Å². The number of hydrogen-bond donors (Lipinski definition) is 1. The fourth-order valence-corrected chi connectivity index (χ4v) is 1.68. The van der Waals surface area contributed by atoms with Crippen molar-refractivity contribution >= 4 is 11.6 Å². The van der Waals surface area contributed by atoms with Gasteiger partial charge in [-0.3, -0.25) is 0 Å². The van der Waals surface area contributed by atoms with Crippen molar-refractivity contribution in [3.8, 4) is 17.1 Å². The van der Waals surface area contributed by atoms with Crippen LogP contribution in [0, 0.1) is 0 Å². The van der Waals surface area contributed by atoms with E-state index in [9.17, 15) is 0 Å². The van der Waals surface area contributed by atoms with Gasteiger partial charge < -0.3 is 10.5 Å². The quantitative estimate of drug-likeness (QED) is 0.878. The molecule has 1 aromatic carbocycles. The van der Waals surface area contributed by atoms with E-state index >= 15 is 0 Å². The Kier molecular flexibility index (Phi) is 3.55. The molecule has 0 bridgehead atoms. The lowest BCUT2D eigenvalue weighted by molar-refractivity contribution is 0.415. The van der Waals surface area contributed by atoms with Crippen LogP contribution in [0.1, 0.15) is 0 Å². The molecule has 0 atom stereocenters. The molecule has 0 fully saturated rings. The third-order valence-electron chi connectivity index (χ3n) is 2.28. The highest BCUT2D eigenvalue weighted by atomic mass is 35.5. The maximum Gasteiger partial charge on any atom is 0.185 e. The van der Waals surface area contributed by atoms with Gasteiger partial charge in [-0.25, -0.2) is 4.68 Å². The van der Waals surface area contributed by atoms with Crippen LogP contribution >= 0.6 is 11.6 Å². The molecule has 2 rings (SSSR count). The topological polar surface area (TPSA) is 78.9 Å². The SMILES string of the molecule is COc1cc(Cl)ccc1-c1nnnn1CCN. The van der Waals surface area contributed by atoms with Crippen LogP contribution in [0.15, 0.2) is 18.2 Å². The minimum Gasteiger partial charge on any atom is -0.496 e. The number of nitrogens with zero attached hydrogens (tertiary/aromatic N) is 4. The molecular weight excluding hydrogens is 242 g/mol. The zero-order valence-corrected chi connectivity index (χ0v) is 10.1. The molecule has 6 nitrogen and oxygen atoms in total. The average molecular weight is 254 g/mol. The van der Waals surface area contributed by atoms with E-state index in [0.29, 0.717) is 29.7 Å². The highest BCUT2D eigenvalue weighted by Gasteiger charge is 2.13. The van der Waals surface area contributed by atoms with Gasteiger partial charge >= 0.3 is 0 Å². The Morgan fingerprint density at radius 3 is 3.00 bits per heavy atom. The Hall–Kier alpha value is -1.66. The van der Waals surface area contributed by atoms with Crippen molar-refractivity contribution in [1.82, 2.24) is 20.2 Å². The van der Waals surface area contributed by atoms with Crippen LogP contribution < -0.4 is 10.5 Å². The van der Waals surface area contributed by atoms with Crippen LogP contribution in [-0.4, -0.2) is 33.9 Å². The minimum absolute atomic E-state index is 0.466. The molecule has 2 N–H and O–H groups in total. The lowest BCUT2D eigenvalue weighted by Gasteiger charge is -2.08. The van der Waals surface area contributed by atoms with E-state index in [4.69, 9.17) is 22.1 Å². The Morgan fingerprint density at radius 2 is 2.29 bits per heavy atom. The number of hydrogen-bond acceptors (Lipinski definition) is 5. The predicted octanol–water partition coefficient (Wildman–Crippen LogP) is 0.961. The molecule has 0 aliphatic heterocycles. The van der Waals surface area contributed by atoms with Crippen LogP contribution in [0.4, 0.5) is 0 Å². The summed E-state index contributed by atoms with van der Waals surface area (Å²) in [6.45, 7) is 1.02. The number of tetrazole rings is 1. The van der Waals surface area contributed by atoms with Crippen LogP contribution in [0.3, 0.4) is 0 Å². The van der Waals surface area contributed by atoms with E-state index in [1.165, 1.54) is 0 Å². The summed E-state index contributed by atoms with van der Waals surface area (Å²) in [5, 5.41) is 12.1. The van der Waals surface area contributed by atoms with Crippen LogP contribution in [0.2, 0.25) is 5.02 Å². The second kappa shape index (κ2) is 5.11. The first-order valence-electron chi connectivity index (χ1n) is 5.06. The van der Waals surface area contributed by atoms with Crippen LogP contribution in [0.25, 0.3) is 11.4 Å². The van der Waals surface area contributed by atoms with E-state index in [2.05, 4.69) is 15.5 Å². The van der Waals surface area contributed by atoms with Gasteiger partial charge in [-0.05, 0) is 28.6 Å². The molecule has 17 heavy (non-hydrogen) atoms. The number of ether oxygens (including phenoxy) is 1. The Balaban J connectivity index is 2.48. The zero-order chi connectivity index (χ0) is 12.3. The summed E-state index contributed by atoms with van der Waals surface area (Å²) in [5.41, 5.74) is 6.28. The molecular formula is C10H12ClN5O. The van der Waals surface area contributed by atoms with E-state index in [0.717, 1.165) is 5.56 Å². The predicted molar refractivity (Wildman–Crippen MR) is 63.9 cm³/mol. The van der Waals surface area contributed by atoms with Crippen molar-refractivity contribution in [3.05, 3.63) is 23.2 Å². The van der Waals surface area contributed by atoms with Gasteiger partial charge in [0.25, 0.3) is 0 Å². The second-order valence-corrected chi connectivity index (χ2v) is 3.80. The fraction of sp³-hybridized carbons (Fsp3) is 0.300. The largest absolute Gasteiger partial charge is 0.496 e. The molecule has 2 aromatic rings. The van der Waals surface area contributed by atoms with Gasteiger partial charge in [0.1, 0.15) is 5.75 Å².